The number of hydrogen-bond acceptors (Lipinski definition) is 6. The van der Waals surface area contributed by atoms with E-state index in [0.29, 0.717) is 37.0 Å². The van der Waals surface area contributed by atoms with E-state index in [1.165, 1.54) is 11.1 Å². The van der Waals surface area contributed by atoms with Crippen molar-refractivity contribution in [3.05, 3.63) is 65.4 Å². The number of carbonyl (C=O) groups excluding carboxylic acids is 1. The Bertz CT molecular complexity index is 1190. The summed E-state index contributed by atoms with van der Waals surface area (Å²) in [5.41, 5.74) is 4.73. The maximum atomic E-state index is 12.3. The molecule has 160 valence electrons. The van der Waals surface area contributed by atoms with Gasteiger partial charge in [0.15, 0.2) is 0 Å². The summed E-state index contributed by atoms with van der Waals surface area (Å²) in [4.78, 5) is 12.3. The first-order valence-corrected chi connectivity index (χ1v) is 10.3. The van der Waals surface area contributed by atoms with Crippen LogP contribution >= 0.6 is 0 Å². The van der Waals surface area contributed by atoms with Gasteiger partial charge in [-0.3, -0.25) is 14.2 Å². The number of anilines is 1. The number of nitrogens with one attached hydrogen (secondary N) is 1. The maximum absolute atomic E-state index is 12.3. The number of hydrogen-bond donors (Lipinski definition) is 1. The number of nitrogens with zero attached hydrogens (tertiary/aromatic N) is 6. The van der Waals surface area contributed by atoms with Gasteiger partial charge in [-0.1, -0.05) is 24.3 Å². The van der Waals surface area contributed by atoms with Crippen molar-refractivity contribution in [2.75, 3.05) is 5.32 Å². The van der Waals surface area contributed by atoms with E-state index >= 15 is 0 Å². The lowest BCUT2D eigenvalue weighted by Crippen LogP contribution is -2.12. The molecule has 0 saturated carbocycles. The highest BCUT2D eigenvalue weighted by Crippen LogP contribution is 2.20. The van der Waals surface area contributed by atoms with E-state index in [2.05, 4.69) is 44.8 Å². The molecule has 1 amide bonds. The van der Waals surface area contributed by atoms with Crippen LogP contribution < -0.4 is 5.32 Å². The molecule has 0 bridgehead atoms. The van der Waals surface area contributed by atoms with E-state index in [-0.39, 0.29) is 12.3 Å². The zero-order chi connectivity index (χ0) is 21.8. The van der Waals surface area contributed by atoms with Crippen molar-refractivity contribution in [1.82, 2.24) is 29.8 Å². The van der Waals surface area contributed by atoms with Gasteiger partial charge in [0.05, 0.1) is 24.1 Å². The van der Waals surface area contributed by atoms with Crippen LogP contribution in [0.2, 0.25) is 0 Å². The average Bonchev–Trinajstić information content (AvgIpc) is 3.48. The first-order chi connectivity index (χ1) is 15.0. The van der Waals surface area contributed by atoms with E-state index in [4.69, 9.17) is 4.42 Å². The molecule has 0 saturated heterocycles. The number of aryl methyl sites for hydroxylation is 4. The van der Waals surface area contributed by atoms with Gasteiger partial charge in [0.1, 0.15) is 5.69 Å². The average molecular weight is 419 g/mol. The molecule has 31 heavy (non-hydrogen) atoms. The Balaban J connectivity index is 1.32. The number of amides is 1. The summed E-state index contributed by atoms with van der Waals surface area (Å²) < 4.78 is 9.35. The van der Waals surface area contributed by atoms with Crippen LogP contribution in [0.25, 0.3) is 11.6 Å². The van der Waals surface area contributed by atoms with Crippen LogP contribution in [0.15, 0.2) is 47.1 Å². The number of benzene rings is 1. The third kappa shape index (κ3) is 4.88. The van der Waals surface area contributed by atoms with Gasteiger partial charge in [-0.25, -0.2) is 0 Å². The van der Waals surface area contributed by atoms with Crippen LogP contribution in [0.5, 0.6) is 0 Å². The fraction of sp³-hybridized carbons (Fsp3) is 0.318. The second-order valence-corrected chi connectivity index (χ2v) is 7.39. The molecule has 1 aromatic carbocycles. The smallest absolute Gasteiger partial charge is 0.265 e. The maximum Gasteiger partial charge on any atom is 0.265 e. The van der Waals surface area contributed by atoms with Crippen LogP contribution in [0.3, 0.4) is 0 Å². The minimum absolute atomic E-state index is 0.135. The number of carbonyl (C=O) groups is 1. The fourth-order valence-corrected chi connectivity index (χ4v) is 3.34. The van der Waals surface area contributed by atoms with E-state index < -0.39 is 0 Å². The van der Waals surface area contributed by atoms with Crippen LogP contribution in [0.1, 0.15) is 36.1 Å². The molecule has 3 aromatic heterocycles. The second-order valence-electron chi connectivity index (χ2n) is 7.39. The van der Waals surface area contributed by atoms with Crippen LogP contribution in [0.4, 0.5) is 5.69 Å². The molecule has 9 nitrogen and oxygen atoms in total. The Hall–Kier alpha value is -3.75. The van der Waals surface area contributed by atoms with Gasteiger partial charge < -0.3 is 9.73 Å². The van der Waals surface area contributed by atoms with Crippen molar-refractivity contribution in [2.24, 2.45) is 0 Å². The molecular weight excluding hydrogens is 394 g/mol. The van der Waals surface area contributed by atoms with E-state index in [1.807, 2.05) is 42.9 Å². The van der Waals surface area contributed by atoms with Gasteiger partial charge in [-0.15, -0.1) is 10.2 Å². The highest BCUT2D eigenvalue weighted by molar-refractivity contribution is 5.90. The van der Waals surface area contributed by atoms with Crippen molar-refractivity contribution in [2.45, 2.75) is 46.7 Å². The normalized spacial score (nSPS) is 11.1. The van der Waals surface area contributed by atoms with Gasteiger partial charge >= 0.3 is 0 Å². The Kier molecular flexibility index (Phi) is 5.92. The molecule has 0 atom stereocenters. The molecule has 0 fully saturated rings. The van der Waals surface area contributed by atoms with Crippen molar-refractivity contribution in [1.29, 1.82) is 0 Å². The summed E-state index contributed by atoms with van der Waals surface area (Å²) in [5.74, 6) is 0.696. The molecule has 3 heterocycles. The highest BCUT2D eigenvalue weighted by atomic mass is 16.4. The topological polar surface area (TPSA) is 104 Å². The van der Waals surface area contributed by atoms with E-state index in [9.17, 15) is 4.79 Å². The largest absolute Gasteiger partial charge is 0.419 e. The van der Waals surface area contributed by atoms with Gasteiger partial charge in [0, 0.05) is 25.6 Å². The summed E-state index contributed by atoms with van der Waals surface area (Å²) in [6.45, 7) is 7.35. The lowest BCUT2D eigenvalue weighted by Gasteiger charge is -2.05. The third-order valence-corrected chi connectivity index (χ3v) is 4.96. The molecular formula is C22H25N7O2. The summed E-state index contributed by atoms with van der Waals surface area (Å²) in [6, 6.07) is 10.1. The predicted molar refractivity (Wildman–Crippen MR) is 115 cm³/mol. The monoisotopic (exact) mass is 419 g/mol. The van der Waals surface area contributed by atoms with Crippen molar-refractivity contribution in [3.63, 3.8) is 0 Å². The van der Waals surface area contributed by atoms with Crippen LogP contribution in [-0.4, -0.2) is 35.7 Å². The molecule has 1 N–H and O–H groups in total. The quantitative estimate of drug-likeness (QED) is 0.469. The van der Waals surface area contributed by atoms with E-state index in [1.54, 1.807) is 10.9 Å². The molecule has 4 rings (SSSR count). The number of rotatable bonds is 8. The van der Waals surface area contributed by atoms with Crippen LogP contribution in [-0.2, 0) is 24.3 Å². The lowest BCUT2D eigenvalue weighted by atomic mass is 10.1. The molecule has 0 aliphatic heterocycles. The van der Waals surface area contributed by atoms with Gasteiger partial charge in [0.25, 0.3) is 5.89 Å². The summed E-state index contributed by atoms with van der Waals surface area (Å²) in [7, 11) is 0. The second kappa shape index (κ2) is 8.95. The SMILES string of the molecule is CCn1nc(C)cc1-c1nnc(CCC(=O)Nc2cnn(Cc3ccccc3C)c2)o1. The van der Waals surface area contributed by atoms with Gasteiger partial charge in [0.2, 0.25) is 11.8 Å². The molecule has 0 unspecified atom stereocenters. The summed E-state index contributed by atoms with van der Waals surface area (Å²) in [6.07, 6.45) is 4.06. The Morgan fingerprint density at radius 1 is 1.19 bits per heavy atom. The highest BCUT2D eigenvalue weighted by Gasteiger charge is 2.15. The summed E-state index contributed by atoms with van der Waals surface area (Å²) in [5, 5.41) is 19.7. The molecule has 9 heteroatoms. The van der Waals surface area contributed by atoms with Gasteiger partial charge in [-0.05, 0) is 38.0 Å². The van der Waals surface area contributed by atoms with Crippen molar-refractivity contribution >= 4 is 11.6 Å². The predicted octanol–water partition coefficient (Wildman–Crippen LogP) is 3.39. The molecule has 4 aromatic rings. The zero-order valence-corrected chi connectivity index (χ0v) is 17.9. The zero-order valence-electron chi connectivity index (χ0n) is 17.9. The van der Waals surface area contributed by atoms with Crippen LogP contribution in [0, 0.1) is 13.8 Å². The third-order valence-electron chi connectivity index (χ3n) is 4.96. The molecule has 0 radical (unpaired) electrons. The van der Waals surface area contributed by atoms with Crippen molar-refractivity contribution < 1.29 is 9.21 Å². The Morgan fingerprint density at radius 3 is 2.84 bits per heavy atom. The first-order valence-electron chi connectivity index (χ1n) is 10.3. The fourth-order valence-electron chi connectivity index (χ4n) is 3.34. The lowest BCUT2D eigenvalue weighted by molar-refractivity contribution is -0.116. The molecule has 0 aliphatic carbocycles. The van der Waals surface area contributed by atoms with E-state index in [0.717, 1.165) is 11.4 Å². The molecule has 0 spiro atoms. The van der Waals surface area contributed by atoms with Gasteiger partial charge in [-0.2, -0.15) is 10.2 Å². The minimum Gasteiger partial charge on any atom is -0.419 e. The Morgan fingerprint density at radius 2 is 2.03 bits per heavy atom. The summed E-state index contributed by atoms with van der Waals surface area (Å²) >= 11 is 0. The first kappa shape index (κ1) is 20.5. The standard InChI is InChI=1S/C22H25N7O2/c1-4-29-19(11-16(3)27-29)22-26-25-21(31-22)10-9-20(30)24-18-12-23-28(14-18)13-17-8-6-5-7-15(17)2/h5-8,11-12,14H,4,9-10,13H2,1-3H3,(H,24,30). The minimum atomic E-state index is -0.135. The Labute approximate surface area is 180 Å². The van der Waals surface area contributed by atoms with Crippen molar-refractivity contribution in [3.8, 4) is 11.6 Å². The molecule has 0 aliphatic rings. The number of aromatic nitrogens is 6.